The second-order valence-electron chi connectivity index (χ2n) is 7.60. The molecule has 2 atom stereocenters. The Morgan fingerprint density at radius 3 is 3.04 bits per heavy atom. The van der Waals surface area contributed by atoms with Gasteiger partial charge in [0.1, 0.15) is 11.4 Å². The first kappa shape index (κ1) is 17.9. The van der Waals surface area contributed by atoms with E-state index in [-0.39, 0.29) is 19.1 Å². The van der Waals surface area contributed by atoms with Crippen molar-refractivity contribution in [1.29, 1.82) is 0 Å². The molecule has 5 nitrogen and oxygen atoms in total. The summed E-state index contributed by atoms with van der Waals surface area (Å²) in [5, 5.41) is 0. The first-order valence-corrected chi connectivity index (χ1v) is 9.60. The lowest BCUT2D eigenvalue weighted by molar-refractivity contribution is -0.0514. The average Bonchev–Trinajstić information content (AvgIpc) is 2.58. The van der Waals surface area contributed by atoms with Gasteiger partial charge in [0.2, 0.25) is 0 Å². The monoisotopic (exact) mass is 424 g/mol. The van der Waals surface area contributed by atoms with Crippen LogP contribution >= 0.6 is 15.9 Å². The molecule has 0 aliphatic carbocycles. The third-order valence-corrected chi connectivity index (χ3v) is 5.10. The van der Waals surface area contributed by atoms with Crippen molar-refractivity contribution >= 4 is 22.0 Å². The first-order valence-electron chi connectivity index (χ1n) is 9.52. The van der Waals surface area contributed by atoms with Crippen LogP contribution in [-0.2, 0) is 15.0 Å². The van der Waals surface area contributed by atoms with E-state index in [4.69, 9.17) is 15.6 Å². The molecule has 3 rings (SSSR count). The fourth-order valence-electron chi connectivity index (χ4n) is 3.59. The number of likely N-dealkylation sites (tertiary alicyclic amines) is 1. The lowest BCUT2D eigenvalue weighted by Gasteiger charge is -2.49. The fraction of sp³-hybridized carbons (Fsp3) is 0.550. The quantitative estimate of drug-likeness (QED) is 0.670. The van der Waals surface area contributed by atoms with E-state index >= 15 is 0 Å². The molecule has 0 radical (unpaired) electrons. The molecule has 1 fully saturated rings. The zero-order valence-corrected chi connectivity index (χ0v) is 17.0. The largest absolute Gasteiger partial charge is 0.465 e. The van der Waals surface area contributed by atoms with Crippen molar-refractivity contribution in [3.8, 4) is 5.75 Å². The van der Waals surface area contributed by atoms with E-state index in [1.165, 1.54) is 0 Å². The predicted molar refractivity (Wildman–Crippen MR) is 103 cm³/mol. The van der Waals surface area contributed by atoms with Crippen molar-refractivity contribution in [2.45, 2.75) is 57.8 Å². The van der Waals surface area contributed by atoms with Gasteiger partial charge in [0.15, 0.2) is 0 Å². The molecular formula is C20H26BrNO4. The molecule has 0 bridgehead atoms. The van der Waals surface area contributed by atoms with Gasteiger partial charge in [0.05, 0.1) is 17.9 Å². The molecule has 2 heterocycles. The van der Waals surface area contributed by atoms with Crippen LogP contribution in [0.25, 0.3) is 0 Å². The summed E-state index contributed by atoms with van der Waals surface area (Å²) in [6.45, 7) is 6.73. The molecule has 1 unspecified atom stereocenters. The Balaban J connectivity index is 2.00. The zero-order chi connectivity index (χ0) is 19.7. The molecule has 1 saturated heterocycles. The normalized spacial score (nSPS) is 25.5. The highest BCUT2D eigenvalue weighted by Crippen LogP contribution is 2.47. The van der Waals surface area contributed by atoms with Crippen molar-refractivity contribution < 1.29 is 20.4 Å². The third-order valence-electron chi connectivity index (χ3n) is 4.61. The van der Waals surface area contributed by atoms with Crippen molar-refractivity contribution in [2.24, 2.45) is 0 Å². The van der Waals surface area contributed by atoms with Crippen LogP contribution < -0.4 is 4.74 Å². The van der Waals surface area contributed by atoms with E-state index in [0.717, 1.165) is 10.0 Å². The molecule has 0 N–H and O–H groups in total. The van der Waals surface area contributed by atoms with Crippen LogP contribution in [0.1, 0.15) is 47.4 Å². The van der Waals surface area contributed by atoms with Gasteiger partial charge in [-0.15, -0.1) is 0 Å². The second-order valence-corrected chi connectivity index (χ2v) is 8.52. The first-order chi connectivity index (χ1) is 12.7. The van der Waals surface area contributed by atoms with Gasteiger partial charge in [-0.05, 0) is 52.3 Å². The maximum atomic E-state index is 13.0. The highest BCUT2D eigenvalue weighted by atomic mass is 79.9. The number of benzene rings is 1. The summed E-state index contributed by atoms with van der Waals surface area (Å²) in [4.78, 5) is 14.8. The number of fused-ring (bicyclic) bond motifs is 2. The summed E-state index contributed by atoms with van der Waals surface area (Å²) >= 11 is 3.48. The molecule has 2 aliphatic heterocycles. The summed E-state index contributed by atoms with van der Waals surface area (Å²) in [5.41, 5.74) is -0.353. The zero-order valence-electron chi connectivity index (χ0n) is 16.5. The van der Waals surface area contributed by atoms with Crippen LogP contribution in [0.4, 0.5) is 4.79 Å². The third kappa shape index (κ3) is 3.76. The average molecular weight is 425 g/mol. The molecular weight excluding hydrogens is 398 g/mol. The Morgan fingerprint density at radius 1 is 1.50 bits per heavy atom. The number of halogens is 1. The Kier molecular flexibility index (Phi) is 4.97. The van der Waals surface area contributed by atoms with Crippen LogP contribution in [-0.4, -0.2) is 35.8 Å². The molecule has 0 saturated carbocycles. The Labute approximate surface area is 164 Å². The van der Waals surface area contributed by atoms with E-state index in [1.54, 1.807) is 11.2 Å². The molecule has 142 valence electrons. The number of rotatable bonds is 2. The van der Waals surface area contributed by atoms with Gasteiger partial charge >= 0.3 is 6.09 Å². The lowest BCUT2D eigenvalue weighted by atomic mass is 9.78. The molecule has 6 heteroatoms. The number of carbonyl (C=O) groups excluding carboxylic acids is 1. The van der Waals surface area contributed by atoms with Gasteiger partial charge in [0.25, 0.3) is 0 Å². The van der Waals surface area contributed by atoms with Crippen LogP contribution in [0.2, 0.25) is 0 Å². The maximum absolute atomic E-state index is 13.0. The minimum atomic E-state index is -0.693. The van der Waals surface area contributed by atoms with Crippen molar-refractivity contribution in [1.82, 2.24) is 4.90 Å². The minimum absolute atomic E-state index is 0.0340. The van der Waals surface area contributed by atoms with Crippen molar-refractivity contribution in [3.05, 3.63) is 40.6 Å². The van der Waals surface area contributed by atoms with Gasteiger partial charge < -0.3 is 14.2 Å². The van der Waals surface area contributed by atoms with E-state index in [1.807, 2.05) is 45.0 Å². The molecule has 1 spiro atoms. The van der Waals surface area contributed by atoms with E-state index in [9.17, 15) is 4.79 Å². The summed E-state index contributed by atoms with van der Waals surface area (Å²) < 4.78 is 25.6. The molecule has 0 aromatic heterocycles. The van der Waals surface area contributed by atoms with Crippen LogP contribution in [0, 0.1) is 0 Å². The van der Waals surface area contributed by atoms with Crippen molar-refractivity contribution in [2.75, 3.05) is 13.2 Å². The molecule has 26 heavy (non-hydrogen) atoms. The molecule has 2 aliphatic rings. The number of ether oxygens (including phenoxy) is 3. The SMILES string of the molecule is [2H]CCOC1CCN(C(=O)OC(C)(C)C)[C@]2(C=COc3cc(Br)ccc32)C1. The second kappa shape index (κ2) is 7.24. The Hall–Kier alpha value is -1.53. The standard InChI is InChI=1S/C20H26BrNO4/c1-5-24-15-8-10-22(18(23)26-19(2,3)4)20(13-15)9-11-25-17-12-14(21)6-7-16(17)20/h6-7,9,11-12,15H,5,8,10,13H2,1-4H3/t15?,20-/m1/s1/i1D. The summed E-state index contributed by atoms with van der Waals surface area (Å²) in [5.74, 6) is 0.710. The lowest BCUT2D eigenvalue weighted by Crippen LogP contribution is -2.56. The molecule has 1 aromatic carbocycles. The fourth-order valence-corrected chi connectivity index (χ4v) is 3.93. The summed E-state index contributed by atoms with van der Waals surface area (Å²) in [6.07, 6.45) is 4.49. The van der Waals surface area contributed by atoms with Crippen LogP contribution in [0.5, 0.6) is 5.75 Å². The highest BCUT2D eigenvalue weighted by molar-refractivity contribution is 9.10. The van der Waals surface area contributed by atoms with E-state index < -0.39 is 11.1 Å². The van der Waals surface area contributed by atoms with Gasteiger partial charge in [0, 0.05) is 31.0 Å². The van der Waals surface area contributed by atoms with Gasteiger partial charge in [-0.1, -0.05) is 22.0 Å². The van der Waals surface area contributed by atoms with Crippen molar-refractivity contribution in [3.63, 3.8) is 0 Å². The highest BCUT2D eigenvalue weighted by Gasteiger charge is 2.48. The number of carbonyl (C=O) groups is 1. The van der Waals surface area contributed by atoms with E-state index in [2.05, 4.69) is 15.9 Å². The number of hydrogen-bond donors (Lipinski definition) is 0. The number of hydrogen-bond acceptors (Lipinski definition) is 4. The number of nitrogens with zero attached hydrogens (tertiary/aromatic N) is 1. The molecule has 1 amide bonds. The number of piperidine rings is 1. The Bertz CT molecular complexity index is 733. The minimum Gasteiger partial charge on any atom is -0.465 e. The number of amides is 1. The smallest absolute Gasteiger partial charge is 0.411 e. The Morgan fingerprint density at radius 2 is 2.31 bits per heavy atom. The maximum Gasteiger partial charge on any atom is 0.411 e. The predicted octanol–water partition coefficient (Wildman–Crippen LogP) is 4.99. The van der Waals surface area contributed by atoms with Gasteiger partial charge in [-0.2, -0.15) is 0 Å². The van der Waals surface area contributed by atoms with Gasteiger partial charge in [-0.3, -0.25) is 4.90 Å². The summed E-state index contributed by atoms with van der Waals surface area (Å²) in [6, 6.07) is 5.83. The molecule has 1 aromatic rings. The van der Waals surface area contributed by atoms with Crippen LogP contribution in [0.3, 0.4) is 0 Å². The summed E-state index contributed by atoms with van der Waals surface area (Å²) in [7, 11) is 0. The van der Waals surface area contributed by atoms with Crippen LogP contribution in [0.15, 0.2) is 35.0 Å². The van der Waals surface area contributed by atoms with Gasteiger partial charge in [-0.25, -0.2) is 4.79 Å². The van der Waals surface area contributed by atoms with E-state index in [0.29, 0.717) is 31.7 Å². The topological polar surface area (TPSA) is 48.0 Å².